The molecule has 1 aliphatic heterocycles. The molecule has 0 aromatic heterocycles. The molecule has 6 nitrogen and oxygen atoms in total. The summed E-state index contributed by atoms with van der Waals surface area (Å²) in [6.45, 7) is 0.168. The van der Waals surface area contributed by atoms with Crippen molar-refractivity contribution in [1.29, 1.82) is 5.26 Å². The molecule has 0 spiro atoms. The number of carbonyl (C=O) groups is 1. The van der Waals surface area contributed by atoms with E-state index in [-0.39, 0.29) is 17.4 Å². The van der Waals surface area contributed by atoms with Crippen molar-refractivity contribution in [3.8, 4) is 17.6 Å². The summed E-state index contributed by atoms with van der Waals surface area (Å²) in [5, 5.41) is 15.1. The highest BCUT2D eigenvalue weighted by atomic mass is 35.5. The van der Waals surface area contributed by atoms with Crippen LogP contribution in [0.3, 0.4) is 0 Å². The lowest BCUT2D eigenvalue weighted by atomic mass is 10.2. The monoisotopic (exact) mass is 375 g/mol. The predicted octanol–water partition coefficient (Wildman–Crippen LogP) is 4.18. The summed E-state index contributed by atoms with van der Waals surface area (Å²) in [6, 6.07) is 11.8. The molecule has 3 rings (SSSR count). The van der Waals surface area contributed by atoms with Gasteiger partial charge in [0.2, 0.25) is 6.79 Å². The zero-order valence-corrected chi connectivity index (χ0v) is 14.2. The molecule has 25 heavy (non-hydrogen) atoms. The van der Waals surface area contributed by atoms with E-state index in [9.17, 15) is 10.1 Å². The normalized spacial score (nSPS) is 12.4. The van der Waals surface area contributed by atoms with Crippen molar-refractivity contribution in [2.75, 3.05) is 17.4 Å². The van der Waals surface area contributed by atoms with Crippen LogP contribution in [0.2, 0.25) is 10.0 Å². The van der Waals surface area contributed by atoms with Gasteiger partial charge in [-0.3, -0.25) is 4.79 Å². The highest BCUT2D eigenvalue weighted by Gasteiger charge is 2.14. The van der Waals surface area contributed by atoms with Gasteiger partial charge in [-0.2, -0.15) is 5.26 Å². The molecule has 0 unspecified atom stereocenters. The number of ether oxygens (including phenoxy) is 2. The third-order valence-corrected chi connectivity index (χ3v) is 4.14. The molecule has 2 aromatic rings. The molecule has 0 atom stereocenters. The van der Waals surface area contributed by atoms with Gasteiger partial charge < -0.3 is 20.1 Å². The zero-order valence-electron chi connectivity index (χ0n) is 12.7. The zero-order chi connectivity index (χ0) is 17.8. The molecule has 0 radical (unpaired) electrons. The van der Waals surface area contributed by atoms with Gasteiger partial charge in [0.1, 0.15) is 11.6 Å². The maximum Gasteiger partial charge on any atom is 0.267 e. The molecule has 0 aliphatic carbocycles. The van der Waals surface area contributed by atoms with Gasteiger partial charge in [-0.05, 0) is 24.3 Å². The highest BCUT2D eigenvalue weighted by Crippen LogP contribution is 2.34. The molecule has 1 amide bonds. The molecule has 8 heteroatoms. The number of nitrogens with one attached hydrogen (secondary N) is 2. The van der Waals surface area contributed by atoms with Gasteiger partial charge in [-0.15, -0.1) is 0 Å². The van der Waals surface area contributed by atoms with Crippen LogP contribution in [0.1, 0.15) is 0 Å². The van der Waals surface area contributed by atoms with Crippen molar-refractivity contribution >= 4 is 40.5 Å². The fourth-order valence-corrected chi connectivity index (χ4v) is 2.43. The van der Waals surface area contributed by atoms with E-state index in [2.05, 4.69) is 10.6 Å². The minimum Gasteiger partial charge on any atom is -0.454 e. The molecule has 0 bridgehead atoms. The molecule has 0 saturated carbocycles. The largest absolute Gasteiger partial charge is 0.454 e. The Morgan fingerprint density at radius 2 is 2.00 bits per heavy atom. The summed E-state index contributed by atoms with van der Waals surface area (Å²) in [5.41, 5.74) is 0.836. The Labute approximate surface area is 153 Å². The maximum atomic E-state index is 12.2. The van der Waals surface area contributed by atoms with Crippen molar-refractivity contribution in [2.24, 2.45) is 0 Å². The number of halogens is 2. The van der Waals surface area contributed by atoms with Gasteiger partial charge in [0.05, 0.1) is 15.7 Å². The Kier molecular flexibility index (Phi) is 4.98. The van der Waals surface area contributed by atoms with E-state index >= 15 is 0 Å². The Bertz CT molecular complexity index is 906. The molecular weight excluding hydrogens is 365 g/mol. The fourth-order valence-electron chi connectivity index (χ4n) is 2.08. The third-order valence-electron chi connectivity index (χ3n) is 3.32. The second-order valence-corrected chi connectivity index (χ2v) is 5.72. The first-order valence-corrected chi connectivity index (χ1v) is 7.86. The molecule has 0 fully saturated rings. The van der Waals surface area contributed by atoms with Crippen LogP contribution in [0, 0.1) is 11.3 Å². The van der Waals surface area contributed by atoms with Crippen molar-refractivity contribution in [2.45, 2.75) is 0 Å². The Hall–Kier alpha value is -2.88. The lowest BCUT2D eigenvalue weighted by molar-refractivity contribution is -0.112. The molecule has 1 heterocycles. The Balaban J connectivity index is 1.73. The van der Waals surface area contributed by atoms with Crippen LogP contribution in [0.4, 0.5) is 11.4 Å². The van der Waals surface area contributed by atoms with Crippen LogP contribution in [-0.4, -0.2) is 12.7 Å². The van der Waals surface area contributed by atoms with E-state index in [1.165, 1.54) is 6.20 Å². The van der Waals surface area contributed by atoms with Crippen LogP contribution in [0.5, 0.6) is 11.5 Å². The molecule has 2 aromatic carbocycles. The number of fused-ring (bicyclic) bond motifs is 1. The minimum absolute atomic E-state index is 0.131. The number of rotatable bonds is 4. The van der Waals surface area contributed by atoms with E-state index in [1.807, 2.05) is 6.07 Å². The summed E-state index contributed by atoms with van der Waals surface area (Å²) in [6.07, 6.45) is 1.30. The smallest absolute Gasteiger partial charge is 0.267 e. The van der Waals surface area contributed by atoms with Gasteiger partial charge in [0.15, 0.2) is 11.5 Å². The second-order valence-electron chi connectivity index (χ2n) is 4.94. The minimum atomic E-state index is -0.611. The lowest BCUT2D eigenvalue weighted by Gasteiger charge is -2.08. The second kappa shape index (κ2) is 7.34. The molecule has 1 aliphatic rings. The highest BCUT2D eigenvalue weighted by molar-refractivity contribution is 6.44. The van der Waals surface area contributed by atoms with Gasteiger partial charge in [-0.1, -0.05) is 29.3 Å². The van der Waals surface area contributed by atoms with E-state index in [0.29, 0.717) is 27.9 Å². The lowest BCUT2D eigenvalue weighted by Crippen LogP contribution is -2.14. The van der Waals surface area contributed by atoms with Gasteiger partial charge >= 0.3 is 0 Å². The van der Waals surface area contributed by atoms with Crippen LogP contribution in [0.25, 0.3) is 0 Å². The topological polar surface area (TPSA) is 83.4 Å². The Morgan fingerprint density at radius 3 is 2.80 bits per heavy atom. The SMILES string of the molecule is N#C/C(=C/Nc1ccc2c(c1)OCO2)C(=O)Nc1cccc(Cl)c1Cl. The van der Waals surface area contributed by atoms with Gasteiger partial charge in [0, 0.05) is 18.0 Å². The summed E-state index contributed by atoms with van der Waals surface area (Å²) in [5.74, 6) is 0.621. The molecule has 2 N–H and O–H groups in total. The number of hydrogen-bond acceptors (Lipinski definition) is 5. The van der Waals surface area contributed by atoms with E-state index < -0.39 is 5.91 Å². The van der Waals surface area contributed by atoms with Crippen LogP contribution in [0.15, 0.2) is 48.2 Å². The van der Waals surface area contributed by atoms with Crippen LogP contribution < -0.4 is 20.1 Å². The summed E-state index contributed by atoms with van der Waals surface area (Å²) in [4.78, 5) is 12.2. The van der Waals surface area contributed by atoms with Gasteiger partial charge in [0.25, 0.3) is 5.91 Å². The number of amides is 1. The number of benzene rings is 2. The van der Waals surface area contributed by atoms with E-state index in [0.717, 1.165) is 0 Å². The third kappa shape index (κ3) is 3.79. The number of anilines is 2. The average Bonchev–Trinajstić information content (AvgIpc) is 3.07. The standard InChI is InChI=1S/C17H11Cl2N3O3/c18-12-2-1-3-13(16(12)19)22-17(23)10(7-20)8-21-11-4-5-14-15(6-11)25-9-24-14/h1-6,8,21H,9H2,(H,22,23)/b10-8-. The van der Waals surface area contributed by atoms with E-state index in [4.69, 9.17) is 32.7 Å². The number of nitriles is 1. The number of carbonyl (C=O) groups excluding carboxylic acids is 1. The quantitative estimate of drug-likeness (QED) is 0.618. The van der Waals surface area contributed by atoms with Crippen LogP contribution >= 0.6 is 23.2 Å². The first-order chi connectivity index (χ1) is 12.1. The summed E-state index contributed by atoms with van der Waals surface area (Å²) >= 11 is 11.9. The van der Waals surface area contributed by atoms with Crippen molar-refractivity contribution in [3.63, 3.8) is 0 Å². The summed E-state index contributed by atoms with van der Waals surface area (Å²) in [7, 11) is 0. The first-order valence-electron chi connectivity index (χ1n) is 7.10. The van der Waals surface area contributed by atoms with Crippen molar-refractivity contribution in [3.05, 3.63) is 58.2 Å². The van der Waals surface area contributed by atoms with E-state index in [1.54, 1.807) is 36.4 Å². The van der Waals surface area contributed by atoms with Crippen LogP contribution in [-0.2, 0) is 4.79 Å². The molecular formula is C17H11Cl2N3O3. The predicted molar refractivity (Wildman–Crippen MR) is 95.0 cm³/mol. The summed E-state index contributed by atoms with van der Waals surface area (Å²) < 4.78 is 10.5. The first kappa shape index (κ1) is 17.0. The molecule has 0 saturated heterocycles. The van der Waals surface area contributed by atoms with Gasteiger partial charge in [-0.25, -0.2) is 0 Å². The maximum absolute atomic E-state index is 12.2. The molecule has 126 valence electrons. The Morgan fingerprint density at radius 1 is 1.20 bits per heavy atom. The average molecular weight is 376 g/mol. The van der Waals surface area contributed by atoms with Crippen molar-refractivity contribution < 1.29 is 14.3 Å². The van der Waals surface area contributed by atoms with Crippen molar-refractivity contribution in [1.82, 2.24) is 0 Å². The fraction of sp³-hybridized carbons (Fsp3) is 0.0588. The number of nitrogens with zero attached hydrogens (tertiary/aromatic N) is 1. The number of hydrogen-bond donors (Lipinski definition) is 2.